The first-order chi connectivity index (χ1) is 15.1. The molecule has 0 bridgehead atoms. The van der Waals surface area contributed by atoms with Crippen molar-refractivity contribution in [1.29, 1.82) is 0 Å². The Bertz CT molecular complexity index is 776. The molecule has 0 spiro atoms. The van der Waals surface area contributed by atoms with Crippen molar-refractivity contribution in [1.82, 2.24) is 9.55 Å². The summed E-state index contributed by atoms with van der Waals surface area (Å²) in [5.41, 5.74) is 2.60. The summed E-state index contributed by atoms with van der Waals surface area (Å²) in [4.78, 5) is 4.66. The van der Waals surface area contributed by atoms with Gasteiger partial charge in [0.25, 0.3) is 6.01 Å². The first-order valence-corrected chi connectivity index (χ1v) is 11.2. The van der Waals surface area contributed by atoms with Crippen LogP contribution in [0.15, 0.2) is 36.4 Å². The van der Waals surface area contributed by atoms with Gasteiger partial charge in [-0.3, -0.25) is 4.57 Å². The van der Waals surface area contributed by atoms with Gasteiger partial charge < -0.3 is 24.1 Å². The number of ether oxygens (including phenoxy) is 4. The molecule has 1 N–H and O–H groups in total. The van der Waals surface area contributed by atoms with E-state index in [9.17, 15) is 5.11 Å². The highest BCUT2D eigenvalue weighted by Gasteiger charge is 2.24. The first-order valence-electron chi connectivity index (χ1n) is 11.2. The SMILES string of the molecule is C=C(C)[C@H](Oc1nc2ccccc2n1CCOCCOCCOC)[C@H](O)CCCCC. The number of fused-ring (bicyclic) bond motifs is 1. The molecule has 0 radical (unpaired) electrons. The summed E-state index contributed by atoms with van der Waals surface area (Å²) in [5.74, 6) is 0. The van der Waals surface area contributed by atoms with E-state index >= 15 is 0 Å². The molecule has 0 fully saturated rings. The quantitative estimate of drug-likeness (QED) is 0.300. The van der Waals surface area contributed by atoms with Gasteiger partial charge in [0.1, 0.15) is 6.10 Å². The van der Waals surface area contributed by atoms with Crippen LogP contribution in [0.2, 0.25) is 0 Å². The van der Waals surface area contributed by atoms with Gasteiger partial charge >= 0.3 is 0 Å². The molecule has 2 atom stereocenters. The molecule has 1 aromatic carbocycles. The van der Waals surface area contributed by atoms with Crippen molar-refractivity contribution < 1.29 is 24.1 Å². The van der Waals surface area contributed by atoms with E-state index < -0.39 is 12.2 Å². The highest BCUT2D eigenvalue weighted by molar-refractivity contribution is 5.76. The van der Waals surface area contributed by atoms with Crippen LogP contribution >= 0.6 is 0 Å². The lowest BCUT2D eigenvalue weighted by Crippen LogP contribution is -2.33. The molecule has 1 heterocycles. The number of aromatic nitrogens is 2. The van der Waals surface area contributed by atoms with Crippen molar-refractivity contribution in [3.63, 3.8) is 0 Å². The van der Waals surface area contributed by atoms with Crippen molar-refractivity contribution in [3.8, 4) is 6.01 Å². The third-order valence-corrected chi connectivity index (χ3v) is 5.05. The Hall–Kier alpha value is -1.93. The van der Waals surface area contributed by atoms with Gasteiger partial charge in [-0.15, -0.1) is 0 Å². The average Bonchev–Trinajstić information content (AvgIpc) is 3.11. The number of hydrogen-bond donors (Lipinski definition) is 1. The molecule has 31 heavy (non-hydrogen) atoms. The number of methoxy groups -OCH3 is 1. The van der Waals surface area contributed by atoms with E-state index in [1.807, 2.05) is 35.8 Å². The van der Waals surface area contributed by atoms with Crippen LogP contribution in [-0.4, -0.2) is 67.0 Å². The molecule has 174 valence electrons. The Morgan fingerprint density at radius 2 is 1.81 bits per heavy atom. The second-order valence-corrected chi connectivity index (χ2v) is 7.70. The summed E-state index contributed by atoms with van der Waals surface area (Å²) >= 11 is 0. The summed E-state index contributed by atoms with van der Waals surface area (Å²) in [6, 6.07) is 8.37. The highest BCUT2D eigenvalue weighted by atomic mass is 16.5. The van der Waals surface area contributed by atoms with Crippen LogP contribution < -0.4 is 4.74 Å². The van der Waals surface area contributed by atoms with Crippen molar-refractivity contribution in [2.75, 3.05) is 40.1 Å². The van der Waals surface area contributed by atoms with Crippen LogP contribution in [0.3, 0.4) is 0 Å². The average molecular weight is 435 g/mol. The van der Waals surface area contributed by atoms with E-state index in [4.69, 9.17) is 18.9 Å². The summed E-state index contributed by atoms with van der Waals surface area (Å²) in [5, 5.41) is 10.7. The predicted octanol–water partition coefficient (Wildman–Crippen LogP) is 3.98. The molecule has 0 saturated carbocycles. The molecule has 0 amide bonds. The Balaban J connectivity index is 2.02. The van der Waals surface area contributed by atoms with Crippen LogP contribution in [0.4, 0.5) is 0 Å². The first kappa shape index (κ1) is 25.3. The monoisotopic (exact) mass is 434 g/mol. The van der Waals surface area contributed by atoms with Gasteiger partial charge in [-0.2, -0.15) is 4.98 Å². The molecule has 0 aliphatic rings. The maximum Gasteiger partial charge on any atom is 0.298 e. The Morgan fingerprint density at radius 3 is 2.52 bits per heavy atom. The lowest BCUT2D eigenvalue weighted by Gasteiger charge is -2.24. The number of imidazole rings is 1. The second kappa shape index (κ2) is 14.2. The van der Waals surface area contributed by atoms with Crippen molar-refractivity contribution in [3.05, 3.63) is 36.4 Å². The fraction of sp³-hybridized carbons (Fsp3) is 0.625. The minimum absolute atomic E-state index is 0.476. The van der Waals surface area contributed by atoms with Gasteiger partial charge in [-0.05, 0) is 31.1 Å². The topological polar surface area (TPSA) is 75.0 Å². The largest absolute Gasteiger partial charge is 0.454 e. The number of aliphatic hydroxyl groups excluding tert-OH is 1. The zero-order valence-corrected chi connectivity index (χ0v) is 19.2. The number of hydrogen-bond acceptors (Lipinski definition) is 6. The third-order valence-electron chi connectivity index (χ3n) is 5.05. The molecule has 2 aromatic rings. The van der Waals surface area contributed by atoms with Crippen molar-refractivity contribution in [2.24, 2.45) is 0 Å². The predicted molar refractivity (Wildman–Crippen MR) is 123 cm³/mol. The van der Waals surface area contributed by atoms with Gasteiger partial charge in [0.05, 0.1) is 56.7 Å². The fourth-order valence-electron chi connectivity index (χ4n) is 3.36. The number of aliphatic hydroxyl groups is 1. The van der Waals surface area contributed by atoms with E-state index in [2.05, 4.69) is 18.5 Å². The van der Waals surface area contributed by atoms with E-state index in [-0.39, 0.29) is 0 Å². The van der Waals surface area contributed by atoms with E-state index in [1.54, 1.807) is 7.11 Å². The van der Waals surface area contributed by atoms with Crippen LogP contribution in [0.25, 0.3) is 11.0 Å². The van der Waals surface area contributed by atoms with E-state index in [0.29, 0.717) is 52.0 Å². The van der Waals surface area contributed by atoms with Crippen LogP contribution in [0.5, 0.6) is 6.01 Å². The zero-order valence-electron chi connectivity index (χ0n) is 19.2. The van der Waals surface area contributed by atoms with E-state index in [0.717, 1.165) is 35.9 Å². The Kier molecular flexibility index (Phi) is 11.6. The maximum atomic E-state index is 10.7. The van der Waals surface area contributed by atoms with Crippen LogP contribution in [-0.2, 0) is 20.8 Å². The maximum absolute atomic E-state index is 10.7. The summed E-state index contributed by atoms with van der Waals surface area (Å²) in [6.07, 6.45) is 2.73. The molecule has 0 aliphatic carbocycles. The number of nitrogens with zero attached hydrogens (tertiary/aromatic N) is 2. The van der Waals surface area contributed by atoms with Gasteiger partial charge in [0, 0.05) is 7.11 Å². The highest BCUT2D eigenvalue weighted by Crippen LogP contribution is 2.25. The smallest absolute Gasteiger partial charge is 0.298 e. The standard InChI is InChI=1S/C24H38N2O5/c1-5-6-7-12-22(27)23(19(2)3)31-24-25-20-10-8-9-11-21(20)26(24)13-14-29-17-18-30-16-15-28-4/h8-11,22-23,27H,2,5-7,12-18H2,1,3-4H3/t22-,23+/m1/s1. The molecule has 7 heteroatoms. The van der Waals surface area contributed by atoms with Gasteiger partial charge in [-0.25, -0.2) is 0 Å². The lowest BCUT2D eigenvalue weighted by molar-refractivity contribution is 0.0211. The molecule has 0 aliphatic heterocycles. The summed E-state index contributed by atoms with van der Waals surface area (Å²) in [7, 11) is 1.65. The molecular formula is C24H38N2O5. The second-order valence-electron chi connectivity index (χ2n) is 7.70. The lowest BCUT2D eigenvalue weighted by atomic mass is 10.0. The normalized spacial score (nSPS) is 13.4. The van der Waals surface area contributed by atoms with Gasteiger partial charge in [0.2, 0.25) is 0 Å². The summed E-state index contributed by atoms with van der Waals surface area (Å²) in [6.45, 7) is 11.3. The van der Waals surface area contributed by atoms with Crippen LogP contribution in [0, 0.1) is 0 Å². The van der Waals surface area contributed by atoms with Crippen molar-refractivity contribution >= 4 is 11.0 Å². The Labute approximate surface area is 186 Å². The minimum atomic E-state index is -0.613. The van der Waals surface area contributed by atoms with Gasteiger partial charge in [-0.1, -0.05) is 44.9 Å². The number of unbranched alkanes of at least 4 members (excludes halogenated alkanes) is 2. The molecular weight excluding hydrogens is 396 g/mol. The van der Waals surface area contributed by atoms with Gasteiger partial charge in [0.15, 0.2) is 0 Å². The summed E-state index contributed by atoms with van der Waals surface area (Å²) < 4.78 is 24.3. The number of para-hydroxylation sites is 2. The molecule has 0 unspecified atom stereocenters. The fourth-order valence-corrected chi connectivity index (χ4v) is 3.36. The number of benzene rings is 1. The van der Waals surface area contributed by atoms with Crippen molar-refractivity contribution in [2.45, 2.75) is 58.3 Å². The number of rotatable bonds is 17. The Morgan fingerprint density at radius 1 is 1.10 bits per heavy atom. The van der Waals surface area contributed by atoms with E-state index in [1.165, 1.54) is 0 Å². The minimum Gasteiger partial charge on any atom is -0.454 e. The zero-order chi connectivity index (χ0) is 22.5. The molecule has 7 nitrogen and oxygen atoms in total. The molecule has 2 rings (SSSR count). The third kappa shape index (κ3) is 8.26. The molecule has 0 saturated heterocycles. The molecule has 1 aromatic heterocycles. The van der Waals surface area contributed by atoms with Crippen LogP contribution in [0.1, 0.15) is 39.5 Å².